The van der Waals surface area contributed by atoms with E-state index < -0.39 is 30.8 Å². The lowest BCUT2D eigenvalue weighted by Gasteiger charge is -2.17. The number of nitro groups is 1. The number of hydrogen-bond donors (Lipinski definition) is 2. The summed E-state index contributed by atoms with van der Waals surface area (Å²) in [5, 5.41) is 19.3. The van der Waals surface area contributed by atoms with Crippen molar-refractivity contribution in [2.75, 3.05) is 11.9 Å². The van der Waals surface area contributed by atoms with Gasteiger partial charge in [-0.3, -0.25) is 19.9 Å². The Morgan fingerprint density at radius 3 is 2.55 bits per heavy atom. The summed E-state index contributed by atoms with van der Waals surface area (Å²) in [7, 11) is -1.37. The minimum atomic E-state index is -1.37. The summed E-state index contributed by atoms with van der Waals surface area (Å²) in [6, 6.07) is 10.6. The van der Waals surface area contributed by atoms with Crippen LogP contribution < -0.4 is 15.8 Å². The number of nitro benzene ring substituents is 1. The molecule has 14 heteroatoms. The van der Waals surface area contributed by atoms with E-state index in [1.54, 1.807) is 19.1 Å². The number of aromatic nitrogens is 4. The summed E-state index contributed by atoms with van der Waals surface area (Å²) in [4.78, 5) is 32.3. The number of primary amides is 1. The number of ether oxygens (including phenoxy) is 2. The number of nitrogens with one attached hydrogen (secondary N) is 1. The van der Waals surface area contributed by atoms with Crippen LogP contribution in [0.25, 0.3) is 11.3 Å². The van der Waals surface area contributed by atoms with Gasteiger partial charge in [0.05, 0.1) is 17.2 Å². The van der Waals surface area contributed by atoms with Crippen LogP contribution in [-0.2, 0) is 11.5 Å². The quantitative estimate of drug-likeness (QED) is 0.0860. The zero-order valence-electron chi connectivity index (χ0n) is 23.7. The van der Waals surface area contributed by atoms with Gasteiger partial charge in [-0.2, -0.15) is 5.10 Å². The van der Waals surface area contributed by atoms with Crippen LogP contribution in [0, 0.1) is 15.9 Å². The van der Waals surface area contributed by atoms with Crippen LogP contribution in [0.15, 0.2) is 61.1 Å². The van der Waals surface area contributed by atoms with Crippen molar-refractivity contribution < 1.29 is 23.6 Å². The smallest absolute Gasteiger partial charge is 0.273 e. The van der Waals surface area contributed by atoms with Gasteiger partial charge in [0.2, 0.25) is 0 Å². The van der Waals surface area contributed by atoms with Crippen molar-refractivity contribution in [2.24, 2.45) is 5.73 Å². The van der Waals surface area contributed by atoms with Crippen LogP contribution in [0.2, 0.25) is 25.7 Å². The van der Waals surface area contributed by atoms with Crippen molar-refractivity contribution in [3.8, 4) is 17.0 Å². The summed E-state index contributed by atoms with van der Waals surface area (Å²) in [5.74, 6) is -0.588. The largest absolute Gasteiger partial charge is 0.485 e. The molecule has 0 saturated heterocycles. The summed E-state index contributed by atoms with van der Waals surface area (Å²) in [5.41, 5.74) is 6.69. The Bertz CT molecular complexity index is 1560. The van der Waals surface area contributed by atoms with Crippen molar-refractivity contribution in [3.05, 3.63) is 88.1 Å². The van der Waals surface area contributed by atoms with Gasteiger partial charge in [-0.1, -0.05) is 31.8 Å². The van der Waals surface area contributed by atoms with E-state index in [0.717, 1.165) is 6.04 Å². The molecule has 0 radical (unpaired) electrons. The lowest BCUT2D eigenvalue weighted by molar-refractivity contribution is -0.384. The van der Waals surface area contributed by atoms with Crippen molar-refractivity contribution in [1.29, 1.82) is 0 Å². The molecule has 1 atom stereocenters. The minimum absolute atomic E-state index is 0.00240. The number of benzene rings is 2. The van der Waals surface area contributed by atoms with Gasteiger partial charge in [0.15, 0.2) is 0 Å². The number of carbonyl (C=O) groups is 1. The van der Waals surface area contributed by atoms with Crippen molar-refractivity contribution in [3.63, 3.8) is 0 Å². The topological polar surface area (TPSA) is 160 Å². The van der Waals surface area contributed by atoms with Crippen molar-refractivity contribution in [1.82, 2.24) is 19.7 Å². The van der Waals surface area contributed by atoms with Crippen LogP contribution >= 0.6 is 0 Å². The second kappa shape index (κ2) is 12.9. The number of anilines is 2. The maximum atomic E-state index is 13.5. The molecule has 0 bridgehead atoms. The summed E-state index contributed by atoms with van der Waals surface area (Å²) >= 11 is 0. The maximum Gasteiger partial charge on any atom is 0.273 e. The molecule has 0 fully saturated rings. The van der Waals surface area contributed by atoms with E-state index >= 15 is 0 Å². The third-order valence-electron chi connectivity index (χ3n) is 6.29. The zero-order valence-corrected chi connectivity index (χ0v) is 24.7. The highest BCUT2D eigenvalue weighted by Gasteiger charge is 2.28. The van der Waals surface area contributed by atoms with Crippen LogP contribution in [0.3, 0.4) is 0 Å². The molecule has 0 aliphatic rings. The van der Waals surface area contributed by atoms with Crippen LogP contribution in [-0.4, -0.2) is 45.3 Å². The molecule has 1 unspecified atom stereocenters. The van der Waals surface area contributed by atoms with Gasteiger partial charge in [0.1, 0.15) is 47.3 Å². The Balaban J connectivity index is 1.81. The van der Waals surface area contributed by atoms with E-state index in [4.69, 9.17) is 15.2 Å². The van der Waals surface area contributed by atoms with Crippen LogP contribution in [0.4, 0.5) is 21.7 Å². The SMILES string of the molecule is CC(Oc1cc([N+](=O)[O-])ccc1-c1nn(COCC[Si](C)(C)C)c(Nc2cnccn2)c1C(N)=O)c1ccc(F)cc1. The Hall–Kier alpha value is -4.69. The molecule has 4 aromatic rings. The highest BCUT2D eigenvalue weighted by atomic mass is 28.3. The fourth-order valence-electron chi connectivity index (χ4n) is 4.03. The normalized spacial score (nSPS) is 12.1. The molecule has 2 aromatic carbocycles. The molecule has 2 heterocycles. The molecule has 0 saturated carbocycles. The van der Waals surface area contributed by atoms with Crippen LogP contribution in [0.5, 0.6) is 5.75 Å². The average molecular weight is 594 g/mol. The first-order chi connectivity index (χ1) is 19.9. The molecule has 220 valence electrons. The number of carbonyl (C=O) groups excluding carboxylic acids is 1. The Morgan fingerprint density at radius 1 is 1.19 bits per heavy atom. The monoisotopic (exact) mass is 593 g/mol. The molecular formula is C28H32FN7O5Si. The molecule has 1 amide bonds. The lowest BCUT2D eigenvalue weighted by Crippen LogP contribution is -2.22. The van der Waals surface area contributed by atoms with Gasteiger partial charge in [0.25, 0.3) is 11.6 Å². The summed E-state index contributed by atoms with van der Waals surface area (Å²) in [6.45, 7) is 8.90. The number of rotatable bonds is 13. The standard InChI is InChI=1S/C28H32FN7O5Si/c1-18(19-5-7-20(29)8-6-19)41-23-15-21(36(38)39)9-10-22(23)26-25(27(30)37)28(33-24-16-31-11-12-32-24)35(34-26)17-40-13-14-42(2,3)4/h5-12,15-16,18H,13-14,17H2,1-4H3,(H2,30,37)(H,32,33). The molecular weight excluding hydrogens is 561 g/mol. The van der Waals surface area contributed by atoms with Gasteiger partial charge in [-0.05, 0) is 36.7 Å². The second-order valence-electron chi connectivity index (χ2n) is 10.7. The summed E-state index contributed by atoms with van der Waals surface area (Å²) < 4.78 is 27.0. The molecule has 12 nitrogen and oxygen atoms in total. The first kappa shape index (κ1) is 30.3. The number of halogens is 1. The Morgan fingerprint density at radius 2 is 1.93 bits per heavy atom. The van der Waals surface area contributed by atoms with E-state index in [9.17, 15) is 19.3 Å². The molecule has 0 spiro atoms. The number of nitrogens with two attached hydrogens (primary N) is 1. The fourth-order valence-corrected chi connectivity index (χ4v) is 4.79. The third kappa shape index (κ3) is 7.53. The van der Waals surface area contributed by atoms with E-state index in [0.29, 0.717) is 18.0 Å². The highest BCUT2D eigenvalue weighted by molar-refractivity contribution is 6.76. The number of nitrogens with zero attached hydrogens (tertiary/aromatic N) is 5. The van der Waals surface area contributed by atoms with E-state index in [-0.39, 0.29) is 40.8 Å². The molecule has 2 aromatic heterocycles. The Kier molecular flexibility index (Phi) is 9.27. The predicted octanol–water partition coefficient (Wildman–Crippen LogP) is 5.68. The zero-order chi connectivity index (χ0) is 30.4. The minimum Gasteiger partial charge on any atom is -0.485 e. The molecule has 3 N–H and O–H groups in total. The third-order valence-corrected chi connectivity index (χ3v) is 8.00. The fraction of sp³-hybridized carbons (Fsp3) is 0.286. The lowest BCUT2D eigenvalue weighted by atomic mass is 10.0. The van der Waals surface area contributed by atoms with E-state index in [1.165, 1.54) is 53.6 Å². The van der Waals surface area contributed by atoms with Crippen LogP contribution in [0.1, 0.15) is 28.9 Å². The van der Waals surface area contributed by atoms with Gasteiger partial charge in [-0.25, -0.2) is 14.1 Å². The van der Waals surface area contributed by atoms with Gasteiger partial charge in [0, 0.05) is 38.7 Å². The average Bonchev–Trinajstić information content (AvgIpc) is 3.29. The molecule has 4 rings (SSSR count). The predicted molar refractivity (Wildman–Crippen MR) is 158 cm³/mol. The van der Waals surface area contributed by atoms with E-state index in [1.807, 2.05) is 0 Å². The van der Waals surface area contributed by atoms with Crippen molar-refractivity contribution in [2.45, 2.75) is 45.4 Å². The maximum absolute atomic E-state index is 13.5. The number of amides is 1. The van der Waals surface area contributed by atoms with Gasteiger partial charge >= 0.3 is 0 Å². The first-order valence-electron chi connectivity index (χ1n) is 13.2. The Labute approximate surface area is 242 Å². The molecule has 0 aliphatic heterocycles. The first-order valence-corrected chi connectivity index (χ1v) is 16.9. The number of hydrogen-bond acceptors (Lipinski definition) is 9. The van der Waals surface area contributed by atoms with Gasteiger partial charge < -0.3 is 20.5 Å². The van der Waals surface area contributed by atoms with E-state index in [2.05, 4.69) is 40.0 Å². The number of non-ortho nitro benzene ring substituents is 1. The molecule has 0 aliphatic carbocycles. The second-order valence-corrected chi connectivity index (χ2v) is 16.4. The summed E-state index contributed by atoms with van der Waals surface area (Å²) in [6.07, 6.45) is 3.83. The van der Waals surface area contributed by atoms with Gasteiger partial charge in [-0.15, -0.1) is 0 Å². The molecule has 42 heavy (non-hydrogen) atoms. The van der Waals surface area contributed by atoms with Crippen molar-refractivity contribution >= 4 is 31.3 Å². The highest BCUT2D eigenvalue weighted by Crippen LogP contribution is 2.39.